The molecule has 1 aromatic carbocycles. The molecule has 0 spiro atoms. The first-order chi connectivity index (χ1) is 17.3. The molecule has 0 atom stereocenters. The van der Waals surface area contributed by atoms with Gasteiger partial charge in [0.25, 0.3) is 11.1 Å². The van der Waals surface area contributed by atoms with E-state index in [-0.39, 0.29) is 34.0 Å². The number of aryl methyl sites for hydroxylation is 1. The van der Waals surface area contributed by atoms with E-state index in [1.54, 1.807) is 43.3 Å². The summed E-state index contributed by atoms with van der Waals surface area (Å²) in [5, 5.41) is 10.8. The van der Waals surface area contributed by atoms with Crippen molar-refractivity contribution in [3.05, 3.63) is 77.4 Å². The lowest BCUT2D eigenvalue weighted by Crippen LogP contribution is -2.14. The predicted octanol–water partition coefficient (Wildman–Crippen LogP) is 4.94. The standard InChI is InChI=1S/C24H19F2N5O4S/c1-13-9-18(17-5-3-4-6-20(17)35-22(25)26)19(11-27-13)21(33)29-23-30-31-24(36-23)34-12-16-8-7-15(10-28-16)14(2)32/h3-11,22H,12H2,1-2H3,(H,29,30,33). The van der Waals surface area contributed by atoms with Crippen molar-refractivity contribution in [2.75, 3.05) is 5.32 Å². The number of pyridine rings is 2. The van der Waals surface area contributed by atoms with Gasteiger partial charge in [0.2, 0.25) is 5.13 Å². The number of hydrogen-bond donors (Lipinski definition) is 1. The van der Waals surface area contributed by atoms with Crippen LogP contribution < -0.4 is 14.8 Å². The fraction of sp³-hybridized carbons (Fsp3) is 0.167. The minimum Gasteiger partial charge on any atom is -0.462 e. The van der Waals surface area contributed by atoms with Gasteiger partial charge in [-0.15, -0.1) is 5.10 Å². The normalized spacial score (nSPS) is 10.8. The molecule has 0 saturated heterocycles. The van der Waals surface area contributed by atoms with Crippen LogP contribution >= 0.6 is 11.3 Å². The molecule has 3 heterocycles. The van der Waals surface area contributed by atoms with Gasteiger partial charge in [0.1, 0.15) is 12.4 Å². The second-order valence-electron chi connectivity index (χ2n) is 7.46. The first-order valence-corrected chi connectivity index (χ1v) is 11.4. The van der Waals surface area contributed by atoms with Crippen LogP contribution in [-0.2, 0) is 6.61 Å². The number of alkyl halides is 2. The first-order valence-electron chi connectivity index (χ1n) is 10.5. The molecule has 184 valence electrons. The summed E-state index contributed by atoms with van der Waals surface area (Å²) < 4.78 is 36.0. The first kappa shape index (κ1) is 24.8. The van der Waals surface area contributed by atoms with E-state index in [9.17, 15) is 18.4 Å². The number of carbonyl (C=O) groups is 2. The van der Waals surface area contributed by atoms with Gasteiger partial charge in [0.05, 0.1) is 11.3 Å². The minimum absolute atomic E-state index is 0.0660. The number of Topliss-reactive ketones (excluding diaryl/α,β-unsaturated/α-hetero) is 1. The van der Waals surface area contributed by atoms with Crippen molar-refractivity contribution < 1.29 is 27.8 Å². The van der Waals surface area contributed by atoms with Gasteiger partial charge in [-0.1, -0.05) is 23.3 Å². The number of ether oxygens (including phenoxy) is 2. The van der Waals surface area contributed by atoms with E-state index in [0.29, 0.717) is 28.1 Å². The average Bonchev–Trinajstić information content (AvgIpc) is 3.30. The highest BCUT2D eigenvalue weighted by Crippen LogP contribution is 2.34. The van der Waals surface area contributed by atoms with Crippen molar-refractivity contribution in [2.24, 2.45) is 0 Å². The van der Waals surface area contributed by atoms with E-state index in [1.807, 2.05) is 0 Å². The molecule has 36 heavy (non-hydrogen) atoms. The fourth-order valence-corrected chi connectivity index (χ4v) is 3.78. The number of anilines is 1. The molecule has 4 aromatic rings. The summed E-state index contributed by atoms with van der Waals surface area (Å²) in [4.78, 5) is 32.7. The van der Waals surface area contributed by atoms with Gasteiger partial charge in [-0.25, -0.2) is 0 Å². The van der Waals surface area contributed by atoms with Gasteiger partial charge in [-0.05, 0) is 49.4 Å². The molecule has 0 fully saturated rings. The highest BCUT2D eigenvalue weighted by atomic mass is 32.1. The van der Waals surface area contributed by atoms with E-state index in [1.165, 1.54) is 25.4 Å². The molecular weight excluding hydrogens is 492 g/mol. The molecule has 0 bridgehead atoms. The molecule has 9 nitrogen and oxygen atoms in total. The van der Waals surface area contributed by atoms with E-state index < -0.39 is 12.5 Å². The Morgan fingerprint density at radius 2 is 1.86 bits per heavy atom. The largest absolute Gasteiger partial charge is 0.462 e. The van der Waals surface area contributed by atoms with Gasteiger partial charge in [-0.3, -0.25) is 24.9 Å². The molecule has 0 aliphatic carbocycles. The zero-order valence-electron chi connectivity index (χ0n) is 19.1. The van der Waals surface area contributed by atoms with E-state index >= 15 is 0 Å². The van der Waals surface area contributed by atoms with Gasteiger partial charge in [0.15, 0.2) is 5.78 Å². The van der Waals surface area contributed by atoms with Crippen LogP contribution in [0.2, 0.25) is 0 Å². The third-order valence-corrected chi connectivity index (χ3v) is 5.63. The minimum atomic E-state index is -3.02. The summed E-state index contributed by atoms with van der Waals surface area (Å²) in [6.07, 6.45) is 2.82. The second kappa shape index (κ2) is 11.0. The maximum atomic E-state index is 13.0. The molecule has 0 radical (unpaired) electrons. The number of hydrogen-bond acceptors (Lipinski definition) is 9. The molecule has 0 aliphatic rings. The molecule has 1 amide bonds. The van der Waals surface area contributed by atoms with Crippen LogP contribution in [0.4, 0.5) is 13.9 Å². The number of nitrogens with zero attached hydrogens (tertiary/aromatic N) is 4. The molecule has 0 saturated carbocycles. The molecule has 1 N–H and O–H groups in total. The van der Waals surface area contributed by atoms with Crippen molar-refractivity contribution in [1.29, 1.82) is 0 Å². The predicted molar refractivity (Wildman–Crippen MR) is 127 cm³/mol. The van der Waals surface area contributed by atoms with Crippen molar-refractivity contribution in [3.8, 4) is 22.1 Å². The van der Waals surface area contributed by atoms with Crippen LogP contribution in [0.3, 0.4) is 0 Å². The molecule has 0 aliphatic heterocycles. The number of carbonyl (C=O) groups excluding carboxylic acids is 2. The SMILES string of the molecule is CC(=O)c1ccc(COc2nnc(NC(=O)c3cnc(C)cc3-c3ccccc3OC(F)F)s2)nc1. The van der Waals surface area contributed by atoms with Crippen molar-refractivity contribution in [2.45, 2.75) is 27.1 Å². The Hall–Kier alpha value is -4.32. The van der Waals surface area contributed by atoms with Crippen LogP contribution in [0.1, 0.15) is 39.0 Å². The molecule has 4 rings (SSSR count). The number of para-hydroxylation sites is 1. The number of halogens is 2. The lowest BCUT2D eigenvalue weighted by molar-refractivity contribution is -0.0494. The summed E-state index contributed by atoms with van der Waals surface area (Å²) in [6, 6.07) is 11.1. The smallest absolute Gasteiger partial charge is 0.387 e. The van der Waals surface area contributed by atoms with Crippen LogP contribution in [0, 0.1) is 6.92 Å². The maximum Gasteiger partial charge on any atom is 0.387 e. The van der Waals surface area contributed by atoms with Crippen LogP contribution in [-0.4, -0.2) is 38.5 Å². The second-order valence-corrected chi connectivity index (χ2v) is 8.40. The zero-order valence-corrected chi connectivity index (χ0v) is 19.9. The third-order valence-electron chi connectivity index (χ3n) is 4.88. The number of rotatable bonds is 9. The van der Waals surface area contributed by atoms with Crippen molar-refractivity contribution in [1.82, 2.24) is 20.2 Å². The summed E-state index contributed by atoms with van der Waals surface area (Å²) in [5.74, 6) is -0.714. The number of nitrogens with one attached hydrogen (secondary N) is 1. The number of ketones is 1. The van der Waals surface area contributed by atoms with Gasteiger partial charge < -0.3 is 9.47 Å². The summed E-state index contributed by atoms with van der Waals surface area (Å²) in [7, 11) is 0. The Morgan fingerprint density at radius 3 is 2.58 bits per heavy atom. The third kappa shape index (κ3) is 6.02. The van der Waals surface area contributed by atoms with Crippen molar-refractivity contribution in [3.63, 3.8) is 0 Å². The molecule has 12 heteroatoms. The monoisotopic (exact) mass is 511 g/mol. The lowest BCUT2D eigenvalue weighted by Gasteiger charge is -2.14. The Bertz CT molecular complexity index is 1400. The Kier molecular flexibility index (Phi) is 7.54. The van der Waals surface area contributed by atoms with E-state index in [4.69, 9.17) is 4.74 Å². The Morgan fingerprint density at radius 1 is 1.06 bits per heavy atom. The quantitative estimate of drug-likeness (QED) is 0.314. The summed E-state index contributed by atoms with van der Waals surface area (Å²) in [6.45, 7) is 0.246. The fourth-order valence-electron chi connectivity index (χ4n) is 3.19. The van der Waals surface area contributed by atoms with Gasteiger partial charge in [-0.2, -0.15) is 8.78 Å². The zero-order chi connectivity index (χ0) is 25.7. The van der Waals surface area contributed by atoms with E-state index in [2.05, 4.69) is 30.2 Å². The average molecular weight is 512 g/mol. The molecular formula is C24H19F2N5O4S. The van der Waals surface area contributed by atoms with Crippen LogP contribution in [0.15, 0.2) is 54.9 Å². The summed E-state index contributed by atoms with van der Waals surface area (Å²) in [5.41, 5.74) is 2.49. The molecule has 0 unspecified atom stereocenters. The maximum absolute atomic E-state index is 13.0. The van der Waals surface area contributed by atoms with E-state index in [0.717, 1.165) is 11.3 Å². The number of amides is 1. The topological polar surface area (TPSA) is 116 Å². The highest BCUT2D eigenvalue weighted by Gasteiger charge is 2.20. The van der Waals surface area contributed by atoms with Crippen LogP contribution in [0.25, 0.3) is 11.1 Å². The van der Waals surface area contributed by atoms with Crippen molar-refractivity contribution >= 4 is 28.2 Å². The Labute approximate surface area is 208 Å². The lowest BCUT2D eigenvalue weighted by atomic mass is 9.99. The summed E-state index contributed by atoms with van der Waals surface area (Å²) >= 11 is 0.997. The Balaban J connectivity index is 1.49. The number of aromatic nitrogens is 4. The van der Waals surface area contributed by atoms with Gasteiger partial charge >= 0.3 is 6.61 Å². The highest BCUT2D eigenvalue weighted by molar-refractivity contribution is 7.17. The molecule has 3 aromatic heterocycles. The van der Waals surface area contributed by atoms with Crippen LogP contribution in [0.5, 0.6) is 10.9 Å². The van der Waals surface area contributed by atoms with Gasteiger partial charge in [0, 0.05) is 34.8 Å². The number of benzene rings is 1.